The molecule has 0 radical (unpaired) electrons. The Morgan fingerprint density at radius 2 is 2.00 bits per heavy atom. The Morgan fingerprint density at radius 1 is 1.45 bits per heavy atom. The molecule has 0 aliphatic rings. The van der Waals surface area contributed by atoms with E-state index in [2.05, 4.69) is 9.47 Å². The average molecular weight is 162 g/mol. The van der Waals surface area contributed by atoms with E-state index in [0.29, 0.717) is 0 Å². The van der Waals surface area contributed by atoms with Gasteiger partial charge in [0.25, 0.3) is 0 Å². The van der Waals surface area contributed by atoms with Gasteiger partial charge in [0.2, 0.25) is 0 Å². The van der Waals surface area contributed by atoms with E-state index in [1.807, 2.05) is 0 Å². The summed E-state index contributed by atoms with van der Waals surface area (Å²) in [6.07, 6.45) is -1.37. The number of aliphatic carboxylic acids is 1. The van der Waals surface area contributed by atoms with Crippen LogP contribution in [0.1, 0.15) is 6.42 Å². The molecule has 0 unspecified atom stereocenters. The number of carboxylic acid groups (broad SMARTS) is 1. The second-order valence-corrected chi connectivity index (χ2v) is 1.85. The van der Waals surface area contributed by atoms with Gasteiger partial charge in [-0.05, 0) is 0 Å². The zero-order valence-corrected chi connectivity index (χ0v) is 6.36. The van der Waals surface area contributed by atoms with Gasteiger partial charge in [-0.3, -0.25) is 4.79 Å². The first-order chi connectivity index (χ1) is 5.11. The minimum Gasteiger partial charge on any atom is -0.481 e. The smallest absolute Gasteiger partial charge is 0.335 e. The van der Waals surface area contributed by atoms with Crippen LogP contribution in [0.2, 0.25) is 0 Å². The number of hydrogen-bond donors (Lipinski definition) is 1. The summed E-state index contributed by atoms with van der Waals surface area (Å²) < 4.78 is 8.84. The van der Waals surface area contributed by atoms with Gasteiger partial charge >= 0.3 is 11.9 Å². The fourth-order valence-electron chi connectivity index (χ4n) is 0.553. The Balaban J connectivity index is 3.94. The highest BCUT2D eigenvalue weighted by Crippen LogP contribution is 1.98. The summed E-state index contributed by atoms with van der Waals surface area (Å²) in [5.41, 5.74) is 0. The van der Waals surface area contributed by atoms with Crippen LogP contribution in [-0.4, -0.2) is 37.4 Å². The van der Waals surface area contributed by atoms with Crippen LogP contribution in [0, 0.1) is 0 Å². The van der Waals surface area contributed by atoms with Gasteiger partial charge in [-0.15, -0.1) is 0 Å². The van der Waals surface area contributed by atoms with Crippen molar-refractivity contribution in [2.45, 2.75) is 12.5 Å². The molecule has 0 heterocycles. The Hall–Kier alpha value is -1.10. The van der Waals surface area contributed by atoms with Crippen molar-refractivity contribution in [1.29, 1.82) is 0 Å². The van der Waals surface area contributed by atoms with Crippen molar-refractivity contribution in [2.24, 2.45) is 0 Å². The van der Waals surface area contributed by atoms with Crippen LogP contribution < -0.4 is 0 Å². The maximum Gasteiger partial charge on any atom is 0.335 e. The van der Waals surface area contributed by atoms with Crippen LogP contribution >= 0.6 is 0 Å². The molecule has 5 heteroatoms. The zero-order valence-electron chi connectivity index (χ0n) is 6.36. The largest absolute Gasteiger partial charge is 0.481 e. The van der Waals surface area contributed by atoms with Crippen LogP contribution in [0.4, 0.5) is 0 Å². The molecule has 0 saturated carbocycles. The normalized spacial score (nSPS) is 12.2. The Morgan fingerprint density at radius 3 is 2.27 bits per heavy atom. The topological polar surface area (TPSA) is 72.8 Å². The van der Waals surface area contributed by atoms with Crippen LogP contribution in [0.3, 0.4) is 0 Å². The third-order valence-electron chi connectivity index (χ3n) is 1.11. The molecule has 0 aromatic heterocycles. The average Bonchev–Trinajstić information content (AvgIpc) is 1.98. The first-order valence-electron chi connectivity index (χ1n) is 2.94. The van der Waals surface area contributed by atoms with Gasteiger partial charge in [0.05, 0.1) is 13.5 Å². The van der Waals surface area contributed by atoms with Gasteiger partial charge in [0, 0.05) is 7.11 Å². The van der Waals surface area contributed by atoms with Crippen molar-refractivity contribution >= 4 is 11.9 Å². The maximum absolute atomic E-state index is 10.7. The van der Waals surface area contributed by atoms with E-state index in [1.54, 1.807) is 0 Å². The van der Waals surface area contributed by atoms with Gasteiger partial charge in [-0.25, -0.2) is 4.79 Å². The number of ether oxygens (including phenoxy) is 2. The van der Waals surface area contributed by atoms with Crippen molar-refractivity contribution in [3.63, 3.8) is 0 Å². The molecule has 11 heavy (non-hydrogen) atoms. The molecule has 5 nitrogen and oxygen atoms in total. The number of rotatable bonds is 4. The van der Waals surface area contributed by atoms with Crippen molar-refractivity contribution in [3.05, 3.63) is 0 Å². The van der Waals surface area contributed by atoms with E-state index in [-0.39, 0.29) is 6.42 Å². The molecule has 64 valence electrons. The molecular formula is C6H10O5. The summed E-state index contributed by atoms with van der Waals surface area (Å²) in [6, 6.07) is 0. The second kappa shape index (κ2) is 4.68. The van der Waals surface area contributed by atoms with E-state index >= 15 is 0 Å². The van der Waals surface area contributed by atoms with Gasteiger partial charge in [-0.1, -0.05) is 0 Å². The summed E-state index contributed by atoms with van der Waals surface area (Å²) in [5, 5.41) is 8.27. The second-order valence-electron chi connectivity index (χ2n) is 1.85. The Labute approximate surface area is 63.9 Å². The lowest BCUT2D eigenvalue weighted by Crippen LogP contribution is -2.27. The molecule has 0 aliphatic heterocycles. The lowest BCUT2D eigenvalue weighted by Gasteiger charge is -2.08. The first-order valence-corrected chi connectivity index (χ1v) is 2.94. The summed E-state index contributed by atoms with van der Waals surface area (Å²) in [6.45, 7) is 0. The maximum atomic E-state index is 10.7. The number of carboxylic acids is 1. The number of methoxy groups -OCH3 is 2. The number of carbonyl (C=O) groups excluding carboxylic acids is 1. The number of hydrogen-bond acceptors (Lipinski definition) is 4. The molecular weight excluding hydrogens is 152 g/mol. The van der Waals surface area contributed by atoms with Crippen molar-refractivity contribution in [2.75, 3.05) is 14.2 Å². The zero-order chi connectivity index (χ0) is 8.85. The van der Waals surface area contributed by atoms with Gasteiger partial charge in [-0.2, -0.15) is 0 Å². The lowest BCUT2D eigenvalue weighted by molar-refractivity contribution is -0.157. The third kappa shape index (κ3) is 3.57. The molecule has 0 aliphatic carbocycles. The van der Waals surface area contributed by atoms with Crippen LogP contribution in [0.25, 0.3) is 0 Å². The van der Waals surface area contributed by atoms with Gasteiger partial charge < -0.3 is 14.6 Å². The predicted octanol–water partition coefficient (Wildman–Crippen LogP) is -0.351. The molecule has 0 amide bonds. The third-order valence-corrected chi connectivity index (χ3v) is 1.11. The summed E-state index contributed by atoms with van der Waals surface area (Å²) in [5.74, 6) is -1.77. The van der Waals surface area contributed by atoms with Crippen LogP contribution in [0.5, 0.6) is 0 Å². The minimum absolute atomic E-state index is 0.372. The predicted molar refractivity (Wildman–Crippen MR) is 35.1 cm³/mol. The first kappa shape index (κ1) is 9.90. The highest BCUT2D eigenvalue weighted by Gasteiger charge is 2.21. The molecule has 0 aromatic carbocycles. The molecule has 1 N–H and O–H groups in total. The summed E-state index contributed by atoms with van der Waals surface area (Å²) in [4.78, 5) is 20.8. The molecule has 0 rings (SSSR count). The van der Waals surface area contributed by atoms with Crippen LogP contribution in [0.15, 0.2) is 0 Å². The molecule has 0 bridgehead atoms. The van der Waals surface area contributed by atoms with Crippen molar-refractivity contribution in [3.8, 4) is 0 Å². The highest BCUT2D eigenvalue weighted by molar-refractivity contribution is 5.80. The van der Waals surface area contributed by atoms with Crippen molar-refractivity contribution < 1.29 is 24.2 Å². The number of carbonyl (C=O) groups is 2. The van der Waals surface area contributed by atoms with E-state index in [0.717, 1.165) is 0 Å². The minimum atomic E-state index is -1.10. The fraction of sp³-hybridized carbons (Fsp3) is 0.667. The SMILES string of the molecule is COC(=O)[C@H](CC(=O)O)OC. The monoisotopic (exact) mass is 162 g/mol. The van der Waals surface area contributed by atoms with E-state index in [4.69, 9.17) is 5.11 Å². The standard InChI is InChI=1S/C6H10O5/c1-10-4(3-5(7)8)6(9)11-2/h4H,3H2,1-2H3,(H,7,8)/t4-/m0/s1. The summed E-state index contributed by atoms with van der Waals surface area (Å²) >= 11 is 0. The highest BCUT2D eigenvalue weighted by atomic mass is 16.6. The van der Waals surface area contributed by atoms with Gasteiger partial charge in [0.1, 0.15) is 0 Å². The van der Waals surface area contributed by atoms with E-state index < -0.39 is 18.0 Å². The van der Waals surface area contributed by atoms with Crippen molar-refractivity contribution in [1.82, 2.24) is 0 Å². The number of esters is 1. The molecule has 0 fully saturated rings. The molecule has 0 spiro atoms. The fourth-order valence-corrected chi connectivity index (χ4v) is 0.553. The summed E-state index contributed by atoms with van der Waals surface area (Å²) in [7, 11) is 2.43. The molecule has 0 saturated heterocycles. The molecule has 1 atom stereocenters. The van der Waals surface area contributed by atoms with Crippen LogP contribution in [-0.2, 0) is 19.1 Å². The Bertz CT molecular complexity index is 153. The molecule has 0 aromatic rings. The lowest BCUT2D eigenvalue weighted by atomic mass is 10.2. The van der Waals surface area contributed by atoms with E-state index in [1.165, 1.54) is 14.2 Å². The quantitative estimate of drug-likeness (QED) is 0.572. The van der Waals surface area contributed by atoms with E-state index in [9.17, 15) is 9.59 Å². The van der Waals surface area contributed by atoms with Gasteiger partial charge in [0.15, 0.2) is 6.10 Å². The Kier molecular flexibility index (Phi) is 4.21.